The topological polar surface area (TPSA) is 94.3 Å². The normalized spacial score (nSPS) is 12.6. The molecule has 0 aliphatic carbocycles. The van der Waals surface area contributed by atoms with Crippen LogP contribution in [0.4, 0.5) is 0 Å². The first-order valence-corrected chi connectivity index (χ1v) is 8.81. The number of hydrogen-bond donors (Lipinski definition) is 1. The second-order valence-electron chi connectivity index (χ2n) is 3.81. The molecule has 0 fully saturated rings. The lowest BCUT2D eigenvalue weighted by molar-refractivity contribution is 0.592. The van der Waals surface area contributed by atoms with Crippen molar-refractivity contribution in [3.63, 3.8) is 0 Å². The van der Waals surface area contributed by atoms with E-state index >= 15 is 0 Å². The predicted molar refractivity (Wildman–Crippen MR) is 69.8 cm³/mol. The van der Waals surface area contributed by atoms with E-state index in [-0.39, 0.29) is 20.6 Å². The zero-order valence-electron chi connectivity index (χ0n) is 9.76. The number of halogens is 1. The molecule has 5 nitrogen and oxygen atoms in total. The molecule has 0 saturated heterocycles. The lowest BCUT2D eigenvalue weighted by atomic mass is 10.4. The van der Waals surface area contributed by atoms with Gasteiger partial charge in [0.2, 0.25) is 10.0 Å². The highest BCUT2D eigenvalue weighted by Crippen LogP contribution is 2.24. The van der Waals surface area contributed by atoms with Gasteiger partial charge in [-0.05, 0) is 24.6 Å². The highest BCUT2D eigenvalue weighted by Gasteiger charge is 2.19. The SMILES string of the molecule is CCCCS(=O)(=O)c1ccc(Cl)c(S(N)(=O)=O)c1. The van der Waals surface area contributed by atoms with E-state index < -0.39 is 19.9 Å². The Hall–Kier alpha value is -0.630. The van der Waals surface area contributed by atoms with E-state index in [4.69, 9.17) is 16.7 Å². The van der Waals surface area contributed by atoms with Gasteiger partial charge in [-0.15, -0.1) is 0 Å². The van der Waals surface area contributed by atoms with Gasteiger partial charge in [-0.2, -0.15) is 0 Å². The molecule has 0 radical (unpaired) electrons. The van der Waals surface area contributed by atoms with Crippen molar-refractivity contribution in [1.82, 2.24) is 0 Å². The summed E-state index contributed by atoms with van der Waals surface area (Å²) < 4.78 is 46.3. The van der Waals surface area contributed by atoms with Gasteiger partial charge in [-0.1, -0.05) is 24.9 Å². The minimum atomic E-state index is -4.03. The molecule has 0 spiro atoms. The van der Waals surface area contributed by atoms with E-state index in [1.807, 2.05) is 6.92 Å². The second kappa shape index (κ2) is 5.56. The molecule has 0 aliphatic heterocycles. The number of nitrogens with two attached hydrogens (primary N) is 1. The van der Waals surface area contributed by atoms with Crippen LogP contribution in [0.5, 0.6) is 0 Å². The largest absolute Gasteiger partial charge is 0.239 e. The average molecular weight is 312 g/mol. The fraction of sp³-hybridized carbons (Fsp3) is 0.400. The zero-order valence-corrected chi connectivity index (χ0v) is 12.1. The van der Waals surface area contributed by atoms with Crippen LogP contribution < -0.4 is 5.14 Å². The molecule has 102 valence electrons. The highest BCUT2D eigenvalue weighted by molar-refractivity contribution is 7.91. The summed E-state index contributed by atoms with van der Waals surface area (Å²) in [7, 11) is -7.53. The summed E-state index contributed by atoms with van der Waals surface area (Å²) in [5.74, 6) is -0.0325. The van der Waals surface area contributed by atoms with E-state index in [0.717, 1.165) is 12.5 Å². The van der Waals surface area contributed by atoms with E-state index in [9.17, 15) is 16.8 Å². The monoisotopic (exact) mass is 311 g/mol. The summed E-state index contributed by atoms with van der Waals surface area (Å²) in [5.41, 5.74) is 0. The molecule has 0 saturated carbocycles. The Morgan fingerprint density at radius 3 is 2.33 bits per heavy atom. The quantitative estimate of drug-likeness (QED) is 0.892. The summed E-state index contributed by atoms with van der Waals surface area (Å²) in [6.07, 6.45) is 1.24. The van der Waals surface area contributed by atoms with Crippen molar-refractivity contribution in [3.8, 4) is 0 Å². The molecule has 0 unspecified atom stereocenters. The molecular weight excluding hydrogens is 298 g/mol. The molecule has 18 heavy (non-hydrogen) atoms. The fourth-order valence-corrected chi connectivity index (χ4v) is 3.97. The Labute approximate surface area is 112 Å². The van der Waals surface area contributed by atoms with E-state index in [0.29, 0.717) is 6.42 Å². The number of hydrogen-bond acceptors (Lipinski definition) is 4. The predicted octanol–water partition coefficient (Wildman–Crippen LogP) is 1.56. The Balaban J connectivity index is 3.30. The van der Waals surface area contributed by atoms with Crippen LogP contribution in [0.1, 0.15) is 19.8 Å². The van der Waals surface area contributed by atoms with Crippen molar-refractivity contribution in [2.24, 2.45) is 5.14 Å². The molecule has 0 amide bonds. The maximum atomic E-state index is 11.9. The van der Waals surface area contributed by atoms with E-state index in [1.54, 1.807) is 0 Å². The van der Waals surface area contributed by atoms with Crippen LogP contribution in [0.2, 0.25) is 5.02 Å². The summed E-state index contributed by atoms with van der Waals surface area (Å²) in [6.45, 7) is 1.87. The van der Waals surface area contributed by atoms with Gasteiger partial charge in [0, 0.05) is 0 Å². The molecule has 1 rings (SSSR count). The lowest BCUT2D eigenvalue weighted by Gasteiger charge is -2.07. The van der Waals surface area contributed by atoms with Gasteiger partial charge in [0.05, 0.1) is 15.7 Å². The van der Waals surface area contributed by atoms with Gasteiger partial charge in [-0.3, -0.25) is 0 Å². The van der Waals surface area contributed by atoms with Gasteiger partial charge >= 0.3 is 0 Å². The van der Waals surface area contributed by atoms with Gasteiger partial charge in [0.1, 0.15) is 4.90 Å². The first-order chi connectivity index (χ1) is 8.18. The number of sulfone groups is 1. The summed E-state index contributed by atoms with van der Waals surface area (Å²) in [6, 6.07) is 3.50. The lowest BCUT2D eigenvalue weighted by Crippen LogP contribution is -2.14. The second-order valence-corrected chi connectivity index (χ2v) is 7.86. The molecule has 8 heteroatoms. The third kappa shape index (κ3) is 3.68. The van der Waals surface area contributed by atoms with Gasteiger partial charge in [0.25, 0.3) is 0 Å². The molecular formula is C10H14ClNO4S2. The van der Waals surface area contributed by atoms with E-state index in [1.165, 1.54) is 12.1 Å². The number of rotatable bonds is 5. The molecule has 2 N–H and O–H groups in total. The molecule has 0 aromatic heterocycles. The van der Waals surface area contributed by atoms with Crippen LogP contribution in [0.25, 0.3) is 0 Å². The van der Waals surface area contributed by atoms with Gasteiger partial charge in [-0.25, -0.2) is 22.0 Å². The van der Waals surface area contributed by atoms with Crippen LogP contribution in [0.3, 0.4) is 0 Å². The molecule has 0 atom stereocenters. The molecule has 0 bridgehead atoms. The van der Waals surface area contributed by atoms with Gasteiger partial charge < -0.3 is 0 Å². The minimum absolute atomic E-state index is 0.0325. The number of sulfonamides is 1. The molecule has 0 heterocycles. The first kappa shape index (κ1) is 15.4. The smallest absolute Gasteiger partial charge is 0.225 e. The molecule has 1 aromatic rings. The average Bonchev–Trinajstić information content (AvgIpc) is 2.25. The maximum absolute atomic E-state index is 11.9. The van der Waals surface area contributed by atoms with Crippen LogP contribution in [-0.2, 0) is 19.9 Å². The first-order valence-electron chi connectivity index (χ1n) is 5.23. The van der Waals surface area contributed by atoms with Crippen LogP contribution in [-0.4, -0.2) is 22.6 Å². The van der Waals surface area contributed by atoms with Crippen LogP contribution in [0.15, 0.2) is 28.0 Å². The maximum Gasteiger partial charge on any atom is 0.239 e. The highest BCUT2D eigenvalue weighted by atomic mass is 35.5. The van der Waals surface area contributed by atoms with Crippen molar-refractivity contribution in [1.29, 1.82) is 0 Å². The van der Waals surface area contributed by atoms with Crippen molar-refractivity contribution in [2.45, 2.75) is 29.6 Å². The minimum Gasteiger partial charge on any atom is -0.225 e. The van der Waals surface area contributed by atoms with Crippen molar-refractivity contribution >= 4 is 31.5 Å². The standard InChI is InChI=1S/C10H14ClNO4S2/c1-2-3-6-17(13,14)8-4-5-9(11)10(7-8)18(12,15)16/h4-5,7H,2-3,6H2,1H3,(H2,12,15,16). The van der Waals surface area contributed by atoms with Gasteiger partial charge in [0.15, 0.2) is 9.84 Å². The van der Waals surface area contributed by atoms with Crippen molar-refractivity contribution in [2.75, 3.05) is 5.75 Å². The number of benzene rings is 1. The fourth-order valence-electron chi connectivity index (χ4n) is 1.35. The van der Waals surface area contributed by atoms with Crippen LogP contribution >= 0.6 is 11.6 Å². The molecule has 0 aliphatic rings. The third-order valence-electron chi connectivity index (χ3n) is 2.33. The summed E-state index contributed by atoms with van der Waals surface area (Å²) in [4.78, 5) is -0.453. The molecule has 1 aromatic carbocycles. The number of primary sulfonamides is 1. The van der Waals surface area contributed by atoms with Crippen molar-refractivity contribution in [3.05, 3.63) is 23.2 Å². The van der Waals surface area contributed by atoms with E-state index in [2.05, 4.69) is 0 Å². The Bertz CT molecular complexity index is 638. The Kier molecular flexibility index (Phi) is 4.77. The third-order valence-corrected chi connectivity index (χ3v) is 5.53. The Morgan fingerprint density at radius 2 is 1.83 bits per heavy atom. The summed E-state index contributed by atoms with van der Waals surface area (Å²) >= 11 is 5.68. The Morgan fingerprint density at radius 1 is 1.22 bits per heavy atom. The van der Waals surface area contributed by atoms with Crippen LogP contribution in [0, 0.1) is 0 Å². The summed E-state index contributed by atoms with van der Waals surface area (Å²) in [5, 5.41) is 4.87. The zero-order chi connectivity index (χ0) is 14.0. The number of unbranched alkanes of at least 4 members (excludes halogenated alkanes) is 1. The van der Waals surface area contributed by atoms with Crippen molar-refractivity contribution < 1.29 is 16.8 Å².